The third kappa shape index (κ3) is 3.02. The minimum Gasteiger partial charge on any atom is -0.383 e. The van der Waals surface area contributed by atoms with Crippen molar-refractivity contribution in [3.8, 4) is 23.3 Å². The Balaban J connectivity index is 2.81. The predicted molar refractivity (Wildman–Crippen MR) is 87.6 cm³/mol. The molecule has 0 aliphatic carbocycles. The second kappa shape index (κ2) is 6.62. The van der Waals surface area contributed by atoms with Crippen LogP contribution in [0.2, 0.25) is 0 Å². The Kier molecular flexibility index (Phi) is 4.85. The Labute approximate surface area is 135 Å². The van der Waals surface area contributed by atoms with E-state index in [9.17, 15) is 10.5 Å². The van der Waals surface area contributed by atoms with Gasteiger partial charge >= 0.3 is 0 Å². The summed E-state index contributed by atoms with van der Waals surface area (Å²) in [6, 6.07) is 11.6. The van der Waals surface area contributed by atoms with Crippen molar-refractivity contribution in [1.82, 2.24) is 4.98 Å². The smallest absolute Gasteiger partial charge is 0.143 e. The molecule has 0 aliphatic rings. The van der Waals surface area contributed by atoms with Crippen LogP contribution in [-0.2, 0) is 0 Å². The number of nitrogen functional groups attached to an aromatic ring is 1. The number of halogens is 1. The molecule has 0 unspecified atom stereocenters. The highest BCUT2D eigenvalue weighted by atomic mass is 79.9. The van der Waals surface area contributed by atoms with Crippen molar-refractivity contribution in [2.24, 2.45) is 0 Å². The fraction of sp³-hybridized carbons (Fsp3) is 0.133. The molecule has 21 heavy (non-hydrogen) atoms. The van der Waals surface area contributed by atoms with Gasteiger partial charge in [-0.1, -0.05) is 35.0 Å². The van der Waals surface area contributed by atoms with Gasteiger partial charge in [0.2, 0.25) is 0 Å². The van der Waals surface area contributed by atoms with Gasteiger partial charge in [0.15, 0.2) is 0 Å². The molecular weight excluding hydrogens is 348 g/mol. The van der Waals surface area contributed by atoms with E-state index in [0.29, 0.717) is 16.2 Å². The molecule has 6 heteroatoms. The van der Waals surface area contributed by atoms with Crippen LogP contribution in [0.1, 0.15) is 18.1 Å². The Morgan fingerprint density at radius 1 is 1.19 bits per heavy atom. The van der Waals surface area contributed by atoms with E-state index in [0.717, 1.165) is 15.8 Å². The number of nitrogens with zero attached hydrogens (tertiary/aromatic N) is 3. The van der Waals surface area contributed by atoms with Gasteiger partial charge in [0.25, 0.3) is 0 Å². The third-order valence-corrected chi connectivity index (χ3v) is 4.22. The highest BCUT2D eigenvalue weighted by molar-refractivity contribution is 9.10. The number of anilines is 1. The molecular formula is C15H11BrN4S. The van der Waals surface area contributed by atoms with Crippen molar-refractivity contribution in [3.63, 3.8) is 0 Å². The number of pyridine rings is 1. The lowest BCUT2D eigenvalue weighted by molar-refractivity contribution is 1.11. The lowest BCUT2D eigenvalue weighted by Gasteiger charge is -2.12. The monoisotopic (exact) mass is 358 g/mol. The summed E-state index contributed by atoms with van der Waals surface area (Å²) < 4.78 is 0.924. The first kappa shape index (κ1) is 15.4. The fourth-order valence-corrected chi connectivity index (χ4v) is 2.94. The van der Waals surface area contributed by atoms with E-state index in [1.165, 1.54) is 11.8 Å². The van der Waals surface area contributed by atoms with Crippen LogP contribution in [0.3, 0.4) is 0 Å². The summed E-state index contributed by atoms with van der Waals surface area (Å²) in [6.45, 7) is 1.97. The van der Waals surface area contributed by atoms with Crippen LogP contribution in [0.5, 0.6) is 0 Å². The summed E-state index contributed by atoms with van der Waals surface area (Å²) in [5.74, 6) is 0.928. The van der Waals surface area contributed by atoms with E-state index in [-0.39, 0.29) is 11.4 Å². The van der Waals surface area contributed by atoms with Gasteiger partial charge in [-0.05, 0) is 23.4 Å². The zero-order valence-electron chi connectivity index (χ0n) is 11.2. The Hall–Kier alpha value is -2.02. The van der Waals surface area contributed by atoms with Crippen molar-refractivity contribution in [2.45, 2.75) is 11.9 Å². The summed E-state index contributed by atoms with van der Waals surface area (Å²) in [5.41, 5.74) is 7.86. The maximum Gasteiger partial charge on any atom is 0.143 e. The average Bonchev–Trinajstić information content (AvgIpc) is 2.48. The molecule has 4 nitrogen and oxygen atoms in total. The number of hydrogen-bond donors (Lipinski definition) is 1. The number of rotatable bonds is 3. The lowest BCUT2D eigenvalue weighted by Crippen LogP contribution is -2.03. The molecule has 0 radical (unpaired) electrons. The number of aromatic nitrogens is 1. The molecule has 1 aromatic heterocycles. The molecule has 0 amide bonds. The highest BCUT2D eigenvalue weighted by Crippen LogP contribution is 2.35. The molecule has 2 rings (SSSR count). The Morgan fingerprint density at radius 3 is 2.33 bits per heavy atom. The lowest BCUT2D eigenvalue weighted by atomic mass is 9.97. The van der Waals surface area contributed by atoms with Crippen molar-refractivity contribution >= 4 is 33.5 Å². The van der Waals surface area contributed by atoms with E-state index in [1.54, 1.807) is 0 Å². The summed E-state index contributed by atoms with van der Waals surface area (Å²) in [4.78, 5) is 4.19. The number of hydrogen-bond acceptors (Lipinski definition) is 5. The zero-order valence-corrected chi connectivity index (χ0v) is 13.6. The average molecular weight is 359 g/mol. The fourth-order valence-electron chi connectivity index (χ4n) is 1.94. The van der Waals surface area contributed by atoms with Crippen molar-refractivity contribution in [3.05, 3.63) is 39.9 Å². The first-order valence-corrected chi connectivity index (χ1v) is 7.92. The molecule has 2 N–H and O–H groups in total. The third-order valence-electron chi connectivity index (χ3n) is 2.83. The van der Waals surface area contributed by atoms with Crippen molar-refractivity contribution < 1.29 is 0 Å². The van der Waals surface area contributed by atoms with Crippen molar-refractivity contribution in [2.75, 3.05) is 11.5 Å². The first-order chi connectivity index (χ1) is 10.1. The normalized spacial score (nSPS) is 9.90. The number of nitrogens with two attached hydrogens (primary N) is 1. The van der Waals surface area contributed by atoms with Crippen LogP contribution >= 0.6 is 27.7 Å². The summed E-state index contributed by atoms with van der Waals surface area (Å²) in [5, 5.41) is 19.4. The molecule has 1 heterocycles. The maximum absolute atomic E-state index is 9.49. The number of thioether (sulfide) groups is 1. The van der Waals surface area contributed by atoms with Gasteiger partial charge in [-0.25, -0.2) is 4.98 Å². The second-order valence-electron chi connectivity index (χ2n) is 4.09. The molecule has 0 atom stereocenters. The topological polar surface area (TPSA) is 86.5 Å². The molecule has 0 bridgehead atoms. The standard InChI is InChI=1S/C15H11BrN4S/c1-2-21-15-12(8-18)13(11(7-17)14(19)20-15)9-3-5-10(16)6-4-9/h3-6H,2H2,1H3,(H2,19,20). The molecule has 0 fully saturated rings. The van der Waals surface area contributed by atoms with Crippen LogP contribution in [0.4, 0.5) is 5.82 Å². The van der Waals surface area contributed by atoms with Gasteiger partial charge in [0.1, 0.15) is 28.5 Å². The van der Waals surface area contributed by atoms with Gasteiger partial charge in [0.05, 0.1) is 5.56 Å². The van der Waals surface area contributed by atoms with E-state index in [2.05, 4.69) is 33.1 Å². The van der Waals surface area contributed by atoms with Crippen LogP contribution in [0, 0.1) is 22.7 Å². The van der Waals surface area contributed by atoms with E-state index in [4.69, 9.17) is 5.73 Å². The van der Waals surface area contributed by atoms with E-state index in [1.807, 2.05) is 31.2 Å². The quantitative estimate of drug-likeness (QED) is 0.839. The summed E-state index contributed by atoms with van der Waals surface area (Å²) in [7, 11) is 0. The zero-order chi connectivity index (χ0) is 15.4. The Morgan fingerprint density at radius 2 is 1.81 bits per heavy atom. The Bertz CT molecular complexity index is 757. The number of nitriles is 2. The highest BCUT2D eigenvalue weighted by Gasteiger charge is 2.19. The van der Waals surface area contributed by atoms with Gasteiger partial charge in [-0.2, -0.15) is 10.5 Å². The molecule has 2 aromatic rings. The molecule has 0 saturated carbocycles. The van der Waals surface area contributed by atoms with E-state index >= 15 is 0 Å². The van der Waals surface area contributed by atoms with Gasteiger partial charge in [-0.3, -0.25) is 0 Å². The second-order valence-corrected chi connectivity index (χ2v) is 6.26. The van der Waals surface area contributed by atoms with Crippen LogP contribution in [-0.4, -0.2) is 10.7 Å². The molecule has 0 spiro atoms. The predicted octanol–water partition coefficient (Wildman–Crippen LogP) is 3.95. The largest absolute Gasteiger partial charge is 0.383 e. The van der Waals surface area contributed by atoms with Crippen LogP contribution < -0.4 is 5.73 Å². The minimum absolute atomic E-state index is 0.158. The molecule has 0 saturated heterocycles. The maximum atomic E-state index is 9.49. The molecule has 1 aromatic carbocycles. The van der Waals surface area contributed by atoms with Crippen molar-refractivity contribution in [1.29, 1.82) is 10.5 Å². The first-order valence-electron chi connectivity index (χ1n) is 6.14. The number of benzene rings is 1. The van der Waals surface area contributed by atoms with Crippen LogP contribution in [0.25, 0.3) is 11.1 Å². The van der Waals surface area contributed by atoms with E-state index < -0.39 is 0 Å². The van der Waals surface area contributed by atoms with Crippen LogP contribution in [0.15, 0.2) is 33.8 Å². The minimum atomic E-state index is 0.158. The van der Waals surface area contributed by atoms with Gasteiger partial charge in [0, 0.05) is 10.0 Å². The molecule has 104 valence electrons. The summed E-state index contributed by atoms with van der Waals surface area (Å²) >= 11 is 4.81. The SMILES string of the molecule is CCSc1nc(N)c(C#N)c(-c2ccc(Br)cc2)c1C#N. The van der Waals surface area contributed by atoms with Gasteiger partial charge < -0.3 is 5.73 Å². The summed E-state index contributed by atoms with van der Waals surface area (Å²) in [6.07, 6.45) is 0. The van der Waals surface area contributed by atoms with Gasteiger partial charge in [-0.15, -0.1) is 11.8 Å². The molecule has 0 aliphatic heterocycles.